The van der Waals surface area contributed by atoms with E-state index in [0.29, 0.717) is 22.7 Å². The summed E-state index contributed by atoms with van der Waals surface area (Å²) in [5.41, 5.74) is 2.16. The second kappa shape index (κ2) is 6.60. The maximum atomic E-state index is 5.99. The molecule has 0 saturated carbocycles. The molecule has 0 atom stereocenters. The predicted molar refractivity (Wildman–Crippen MR) is 78.9 cm³/mol. The van der Waals surface area contributed by atoms with Crippen molar-refractivity contribution in [2.24, 2.45) is 0 Å². The minimum absolute atomic E-state index is 0.417. The minimum Gasteiger partial charge on any atom is -0.473 e. The Morgan fingerprint density at radius 1 is 1.16 bits per heavy atom. The molecule has 0 bridgehead atoms. The van der Waals surface area contributed by atoms with Crippen molar-refractivity contribution >= 4 is 23.2 Å². The first-order valence-corrected chi connectivity index (χ1v) is 6.58. The van der Waals surface area contributed by atoms with Gasteiger partial charge in [0.25, 0.3) is 0 Å². The topological polar surface area (TPSA) is 22.1 Å². The molecule has 0 unspecified atom stereocenters. The van der Waals surface area contributed by atoms with Gasteiger partial charge in [-0.1, -0.05) is 41.4 Å². The third-order valence-electron chi connectivity index (χ3n) is 2.60. The van der Waals surface area contributed by atoms with Crippen LogP contribution in [0, 0.1) is 0 Å². The number of ether oxygens (including phenoxy) is 1. The quantitative estimate of drug-likeness (QED) is 0.589. The van der Waals surface area contributed by atoms with E-state index >= 15 is 0 Å². The highest BCUT2D eigenvalue weighted by Gasteiger charge is 2.04. The number of allylic oxidation sites excluding steroid dienone is 1. The highest BCUT2D eigenvalue weighted by Crippen LogP contribution is 2.19. The maximum Gasteiger partial charge on any atom is 0.214 e. The van der Waals surface area contributed by atoms with Gasteiger partial charge in [-0.15, -0.1) is 6.58 Å². The van der Waals surface area contributed by atoms with Crippen LogP contribution in [0.2, 0.25) is 10.2 Å². The van der Waals surface area contributed by atoms with Gasteiger partial charge < -0.3 is 4.74 Å². The van der Waals surface area contributed by atoms with Crippen LogP contribution in [0.3, 0.4) is 0 Å². The number of aromatic nitrogens is 1. The summed E-state index contributed by atoms with van der Waals surface area (Å²) in [5.74, 6) is 0.506. The van der Waals surface area contributed by atoms with Crippen LogP contribution in [-0.4, -0.2) is 4.98 Å². The molecule has 1 aromatic heterocycles. The van der Waals surface area contributed by atoms with Crippen LogP contribution < -0.4 is 4.74 Å². The highest BCUT2D eigenvalue weighted by molar-refractivity contribution is 6.30. The molecule has 2 aromatic rings. The molecule has 0 aliphatic rings. The summed E-state index contributed by atoms with van der Waals surface area (Å²) in [6.07, 6.45) is 2.59. The Morgan fingerprint density at radius 2 is 2.00 bits per heavy atom. The lowest BCUT2D eigenvalue weighted by atomic mass is 10.1. The van der Waals surface area contributed by atoms with E-state index in [0.717, 1.165) is 17.5 Å². The molecule has 1 aromatic carbocycles. The number of hydrogen-bond donors (Lipinski definition) is 0. The standard InChI is InChI=1S/C15H13Cl2NO/c1-2-4-11-9-13(16)8-7-12(11)10-19-15-6-3-5-14(17)18-15/h2-3,5-9H,1,4,10H2. The molecule has 0 radical (unpaired) electrons. The Hall–Kier alpha value is -1.51. The minimum atomic E-state index is 0.417. The Labute approximate surface area is 122 Å². The summed E-state index contributed by atoms with van der Waals surface area (Å²) in [7, 11) is 0. The summed E-state index contributed by atoms with van der Waals surface area (Å²) >= 11 is 11.8. The van der Waals surface area contributed by atoms with Crippen LogP contribution in [-0.2, 0) is 13.0 Å². The molecule has 2 rings (SSSR count). The van der Waals surface area contributed by atoms with E-state index in [-0.39, 0.29) is 0 Å². The third kappa shape index (κ3) is 3.98. The first-order valence-electron chi connectivity index (χ1n) is 5.82. The van der Waals surface area contributed by atoms with Crippen LogP contribution in [0.4, 0.5) is 0 Å². The molecule has 4 heteroatoms. The molecule has 0 aliphatic heterocycles. The van der Waals surface area contributed by atoms with E-state index < -0.39 is 0 Å². The van der Waals surface area contributed by atoms with Crippen LogP contribution in [0.25, 0.3) is 0 Å². The molecular weight excluding hydrogens is 281 g/mol. The van der Waals surface area contributed by atoms with Crippen molar-refractivity contribution in [2.75, 3.05) is 0 Å². The molecule has 98 valence electrons. The number of pyridine rings is 1. The lowest BCUT2D eigenvalue weighted by molar-refractivity contribution is 0.293. The lowest BCUT2D eigenvalue weighted by Gasteiger charge is -2.10. The van der Waals surface area contributed by atoms with Gasteiger partial charge in [0.15, 0.2) is 0 Å². The van der Waals surface area contributed by atoms with Gasteiger partial charge in [0, 0.05) is 11.1 Å². The molecule has 1 heterocycles. The van der Waals surface area contributed by atoms with Crippen molar-refractivity contribution in [3.63, 3.8) is 0 Å². The first-order chi connectivity index (χ1) is 9.19. The lowest BCUT2D eigenvalue weighted by Crippen LogP contribution is -2.01. The number of benzene rings is 1. The van der Waals surface area contributed by atoms with Gasteiger partial charge >= 0.3 is 0 Å². The van der Waals surface area contributed by atoms with Gasteiger partial charge in [-0.2, -0.15) is 0 Å². The molecule has 0 N–H and O–H groups in total. The summed E-state index contributed by atoms with van der Waals surface area (Å²) in [4.78, 5) is 4.08. The zero-order chi connectivity index (χ0) is 13.7. The van der Waals surface area contributed by atoms with Gasteiger partial charge in [0.1, 0.15) is 11.8 Å². The molecule has 0 spiro atoms. The number of nitrogens with zero attached hydrogens (tertiary/aromatic N) is 1. The van der Waals surface area contributed by atoms with Gasteiger partial charge in [-0.05, 0) is 35.7 Å². The van der Waals surface area contributed by atoms with E-state index in [1.807, 2.05) is 24.3 Å². The Bertz CT molecular complexity index is 584. The van der Waals surface area contributed by atoms with Crippen molar-refractivity contribution in [2.45, 2.75) is 13.0 Å². The number of hydrogen-bond acceptors (Lipinski definition) is 2. The maximum absolute atomic E-state index is 5.99. The summed E-state index contributed by atoms with van der Waals surface area (Å²) in [5, 5.41) is 1.13. The van der Waals surface area contributed by atoms with Gasteiger partial charge in [-0.25, -0.2) is 4.98 Å². The Balaban J connectivity index is 2.12. The van der Waals surface area contributed by atoms with E-state index in [1.165, 1.54) is 0 Å². The van der Waals surface area contributed by atoms with Crippen LogP contribution in [0.1, 0.15) is 11.1 Å². The molecule has 0 aliphatic carbocycles. The summed E-state index contributed by atoms with van der Waals surface area (Å²) < 4.78 is 5.63. The number of halogens is 2. The molecule has 0 fully saturated rings. The second-order valence-electron chi connectivity index (χ2n) is 3.99. The zero-order valence-electron chi connectivity index (χ0n) is 10.3. The zero-order valence-corrected chi connectivity index (χ0v) is 11.8. The second-order valence-corrected chi connectivity index (χ2v) is 4.82. The first kappa shape index (κ1) is 13.9. The average molecular weight is 294 g/mol. The van der Waals surface area contributed by atoms with Crippen molar-refractivity contribution in [1.29, 1.82) is 0 Å². The fourth-order valence-corrected chi connectivity index (χ4v) is 2.05. The van der Waals surface area contributed by atoms with Crippen molar-refractivity contribution < 1.29 is 4.74 Å². The van der Waals surface area contributed by atoms with Crippen LogP contribution in [0.15, 0.2) is 49.1 Å². The number of rotatable bonds is 5. The van der Waals surface area contributed by atoms with E-state index in [1.54, 1.807) is 18.2 Å². The van der Waals surface area contributed by atoms with Crippen LogP contribution in [0.5, 0.6) is 5.88 Å². The molecule has 0 amide bonds. The predicted octanol–water partition coefficient (Wildman–Crippen LogP) is 4.70. The fraction of sp³-hybridized carbons (Fsp3) is 0.133. The van der Waals surface area contributed by atoms with E-state index in [9.17, 15) is 0 Å². The van der Waals surface area contributed by atoms with Gasteiger partial charge in [0.2, 0.25) is 5.88 Å². The molecule has 19 heavy (non-hydrogen) atoms. The van der Waals surface area contributed by atoms with Gasteiger partial charge in [-0.3, -0.25) is 0 Å². The smallest absolute Gasteiger partial charge is 0.214 e. The summed E-state index contributed by atoms with van der Waals surface area (Å²) in [6.45, 7) is 4.17. The SMILES string of the molecule is C=CCc1cc(Cl)ccc1COc1cccc(Cl)n1. The van der Waals surface area contributed by atoms with Gasteiger partial charge in [0.05, 0.1) is 0 Å². The third-order valence-corrected chi connectivity index (χ3v) is 3.04. The van der Waals surface area contributed by atoms with Crippen molar-refractivity contribution in [3.05, 3.63) is 70.4 Å². The van der Waals surface area contributed by atoms with Crippen molar-refractivity contribution in [3.8, 4) is 5.88 Å². The fourth-order valence-electron chi connectivity index (χ4n) is 1.70. The Kier molecular flexibility index (Phi) is 4.83. The Morgan fingerprint density at radius 3 is 2.74 bits per heavy atom. The largest absolute Gasteiger partial charge is 0.473 e. The van der Waals surface area contributed by atoms with E-state index in [2.05, 4.69) is 11.6 Å². The van der Waals surface area contributed by atoms with Crippen molar-refractivity contribution in [1.82, 2.24) is 4.98 Å². The molecule has 2 nitrogen and oxygen atoms in total. The molecule has 0 saturated heterocycles. The average Bonchev–Trinajstić information content (AvgIpc) is 2.38. The van der Waals surface area contributed by atoms with Crippen LogP contribution >= 0.6 is 23.2 Å². The monoisotopic (exact) mass is 293 g/mol. The summed E-state index contributed by atoms with van der Waals surface area (Å²) in [6, 6.07) is 11.0. The van der Waals surface area contributed by atoms with E-state index in [4.69, 9.17) is 27.9 Å². The normalized spacial score (nSPS) is 10.2. The highest BCUT2D eigenvalue weighted by atomic mass is 35.5. The molecular formula is C15H13Cl2NO.